The molecule has 0 radical (unpaired) electrons. The Morgan fingerprint density at radius 2 is 1.95 bits per heavy atom. The minimum absolute atomic E-state index is 0.0528. The molecule has 0 heterocycles. The summed E-state index contributed by atoms with van der Waals surface area (Å²) in [4.78, 5) is 10.9. The van der Waals surface area contributed by atoms with Crippen LogP contribution in [0.2, 0.25) is 10.0 Å². The van der Waals surface area contributed by atoms with Crippen molar-refractivity contribution >= 4 is 46.2 Å². The van der Waals surface area contributed by atoms with Crippen LogP contribution in [0.4, 0.5) is 17.1 Å². The summed E-state index contributed by atoms with van der Waals surface area (Å²) in [6.45, 7) is 1.87. The number of hydrogen-bond donors (Lipinski definition) is 3. The molecule has 0 aliphatic heterocycles. The molecule has 0 atom stereocenters. The number of carbonyl (C=O) groups is 1. The maximum Gasteiger partial charge on any atom is 0.337 e. The number of benzene rings is 2. The van der Waals surface area contributed by atoms with Crippen molar-refractivity contribution in [1.82, 2.24) is 0 Å². The molecule has 0 amide bonds. The van der Waals surface area contributed by atoms with Gasteiger partial charge >= 0.3 is 5.97 Å². The lowest BCUT2D eigenvalue weighted by Gasteiger charge is -2.13. The van der Waals surface area contributed by atoms with Gasteiger partial charge in [0.25, 0.3) is 0 Å². The smallest absolute Gasteiger partial charge is 0.337 e. The highest BCUT2D eigenvalue weighted by molar-refractivity contribution is 6.39. The predicted octanol–water partition coefficient (Wildman–Crippen LogP) is 4.33. The molecule has 0 aliphatic rings. The number of carboxylic acids is 1. The quantitative estimate of drug-likeness (QED) is 0.738. The van der Waals surface area contributed by atoms with Crippen LogP contribution in [-0.2, 0) is 0 Å². The Kier molecular flexibility index (Phi) is 4.06. The zero-order chi connectivity index (χ0) is 14.9. The van der Waals surface area contributed by atoms with Gasteiger partial charge in [-0.2, -0.15) is 0 Å². The first-order valence-electron chi connectivity index (χ1n) is 5.74. The molecule has 4 N–H and O–H groups in total. The third kappa shape index (κ3) is 2.81. The molecule has 0 aliphatic carbocycles. The highest BCUT2D eigenvalue weighted by Gasteiger charge is 2.11. The molecular weight excluding hydrogens is 299 g/mol. The molecule has 0 bridgehead atoms. The van der Waals surface area contributed by atoms with Crippen molar-refractivity contribution in [3.8, 4) is 0 Å². The Hall–Kier alpha value is -1.91. The maximum atomic E-state index is 10.9. The van der Waals surface area contributed by atoms with Gasteiger partial charge in [-0.15, -0.1) is 0 Å². The fraction of sp³-hybridized carbons (Fsp3) is 0.0714. The molecule has 20 heavy (non-hydrogen) atoms. The van der Waals surface area contributed by atoms with Crippen LogP contribution in [0, 0.1) is 6.92 Å². The number of nitrogens with two attached hydrogens (primary N) is 1. The van der Waals surface area contributed by atoms with Crippen LogP contribution in [0.3, 0.4) is 0 Å². The average molecular weight is 311 g/mol. The zero-order valence-corrected chi connectivity index (χ0v) is 12.1. The van der Waals surface area contributed by atoms with Gasteiger partial charge in [0.1, 0.15) is 0 Å². The van der Waals surface area contributed by atoms with Gasteiger partial charge in [-0.1, -0.05) is 29.3 Å². The van der Waals surface area contributed by atoms with Crippen molar-refractivity contribution in [2.75, 3.05) is 11.1 Å². The van der Waals surface area contributed by atoms with E-state index in [1.165, 1.54) is 12.1 Å². The summed E-state index contributed by atoms with van der Waals surface area (Å²) in [7, 11) is 0. The van der Waals surface area contributed by atoms with Crippen LogP contribution in [0.25, 0.3) is 0 Å². The van der Waals surface area contributed by atoms with E-state index in [1.807, 2.05) is 13.0 Å². The highest BCUT2D eigenvalue weighted by atomic mass is 35.5. The van der Waals surface area contributed by atoms with Gasteiger partial charge in [0.2, 0.25) is 0 Å². The van der Waals surface area contributed by atoms with Gasteiger partial charge in [0.05, 0.1) is 21.3 Å². The molecule has 0 aromatic heterocycles. The second kappa shape index (κ2) is 5.61. The number of hydrogen-bond acceptors (Lipinski definition) is 3. The molecule has 6 heteroatoms. The standard InChI is InChI=1S/C14H12Cl2N2O2/c1-7-2-5-10(15)13(12(7)16)18-8-3-4-9(14(19)20)11(17)6-8/h2-6,18H,17H2,1H3,(H,19,20). The van der Waals surface area contributed by atoms with E-state index in [1.54, 1.807) is 12.1 Å². The zero-order valence-electron chi connectivity index (χ0n) is 10.6. The predicted molar refractivity (Wildman–Crippen MR) is 82.3 cm³/mol. The van der Waals surface area contributed by atoms with Crippen molar-refractivity contribution in [3.05, 3.63) is 51.5 Å². The molecule has 0 unspecified atom stereocenters. The van der Waals surface area contributed by atoms with Crippen LogP contribution in [0.15, 0.2) is 30.3 Å². The van der Waals surface area contributed by atoms with Crippen LogP contribution in [0.5, 0.6) is 0 Å². The Morgan fingerprint density at radius 1 is 1.25 bits per heavy atom. The lowest BCUT2D eigenvalue weighted by molar-refractivity contribution is 0.0698. The number of anilines is 3. The molecule has 2 aromatic carbocycles. The van der Waals surface area contributed by atoms with Crippen LogP contribution in [0.1, 0.15) is 15.9 Å². The normalized spacial score (nSPS) is 10.3. The molecule has 2 aromatic rings. The van der Waals surface area contributed by atoms with Crippen molar-refractivity contribution in [2.45, 2.75) is 6.92 Å². The Labute approximate surface area is 126 Å². The summed E-state index contributed by atoms with van der Waals surface area (Å²) in [5, 5.41) is 13.0. The average Bonchev–Trinajstić information content (AvgIpc) is 2.39. The topological polar surface area (TPSA) is 75.3 Å². The Morgan fingerprint density at radius 3 is 2.55 bits per heavy atom. The lowest BCUT2D eigenvalue weighted by Crippen LogP contribution is -2.03. The summed E-state index contributed by atoms with van der Waals surface area (Å²) < 4.78 is 0. The number of halogens is 2. The van der Waals surface area contributed by atoms with Crippen molar-refractivity contribution in [1.29, 1.82) is 0 Å². The van der Waals surface area contributed by atoms with Crippen LogP contribution < -0.4 is 11.1 Å². The van der Waals surface area contributed by atoms with Crippen molar-refractivity contribution < 1.29 is 9.90 Å². The SMILES string of the molecule is Cc1ccc(Cl)c(Nc2ccc(C(=O)O)c(N)c2)c1Cl. The first-order valence-corrected chi connectivity index (χ1v) is 6.50. The van der Waals surface area contributed by atoms with E-state index in [4.69, 9.17) is 34.0 Å². The first-order chi connectivity index (χ1) is 9.40. The molecule has 0 saturated carbocycles. The minimum Gasteiger partial charge on any atom is -0.478 e. The summed E-state index contributed by atoms with van der Waals surface area (Å²) in [6.07, 6.45) is 0. The largest absolute Gasteiger partial charge is 0.478 e. The molecule has 0 spiro atoms. The summed E-state index contributed by atoms with van der Waals surface area (Å²) in [6, 6.07) is 8.11. The number of aryl methyl sites for hydroxylation is 1. The summed E-state index contributed by atoms with van der Waals surface area (Å²) in [5.74, 6) is -1.07. The number of carboxylic acid groups (broad SMARTS) is 1. The van der Waals surface area contributed by atoms with Gasteiger partial charge in [0.15, 0.2) is 0 Å². The van der Waals surface area contributed by atoms with Crippen molar-refractivity contribution in [2.24, 2.45) is 0 Å². The van der Waals surface area contributed by atoms with E-state index in [0.717, 1.165) is 5.56 Å². The first kappa shape index (κ1) is 14.5. The van der Waals surface area contributed by atoms with Gasteiger partial charge in [-0.05, 0) is 36.8 Å². The minimum atomic E-state index is -1.07. The van der Waals surface area contributed by atoms with Gasteiger partial charge in [0, 0.05) is 11.4 Å². The number of nitrogens with one attached hydrogen (secondary N) is 1. The third-order valence-corrected chi connectivity index (χ3v) is 3.64. The maximum absolute atomic E-state index is 10.9. The highest BCUT2D eigenvalue weighted by Crippen LogP contribution is 2.35. The molecular formula is C14H12Cl2N2O2. The second-order valence-corrected chi connectivity index (χ2v) is 5.07. The third-order valence-electron chi connectivity index (χ3n) is 2.84. The molecule has 104 valence electrons. The van der Waals surface area contributed by atoms with E-state index < -0.39 is 5.97 Å². The van der Waals surface area contributed by atoms with E-state index in [0.29, 0.717) is 21.4 Å². The van der Waals surface area contributed by atoms with E-state index in [2.05, 4.69) is 5.32 Å². The molecule has 0 fully saturated rings. The monoisotopic (exact) mass is 310 g/mol. The molecule has 0 saturated heterocycles. The van der Waals surface area contributed by atoms with Crippen LogP contribution in [-0.4, -0.2) is 11.1 Å². The fourth-order valence-corrected chi connectivity index (χ4v) is 2.22. The molecule has 2 rings (SSSR count). The second-order valence-electron chi connectivity index (χ2n) is 4.29. The Bertz CT molecular complexity index is 687. The van der Waals surface area contributed by atoms with E-state index >= 15 is 0 Å². The number of nitrogen functional groups attached to an aromatic ring is 1. The Balaban J connectivity index is 2.39. The number of aromatic carboxylic acids is 1. The molecule has 4 nitrogen and oxygen atoms in total. The van der Waals surface area contributed by atoms with Gasteiger partial charge in [-0.3, -0.25) is 0 Å². The summed E-state index contributed by atoms with van der Waals surface area (Å²) in [5.41, 5.74) is 7.98. The lowest BCUT2D eigenvalue weighted by atomic mass is 10.1. The van der Waals surface area contributed by atoms with Gasteiger partial charge in [-0.25, -0.2) is 4.79 Å². The van der Waals surface area contributed by atoms with E-state index in [9.17, 15) is 4.79 Å². The van der Waals surface area contributed by atoms with E-state index in [-0.39, 0.29) is 11.3 Å². The van der Waals surface area contributed by atoms with Gasteiger partial charge < -0.3 is 16.2 Å². The summed E-state index contributed by atoms with van der Waals surface area (Å²) >= 11 is 12.3. The van der Waals surface area contributed by atoms with Crippen molar-refractivity contribution in [3.63, 3.8) is 0 Å². The number of rotatable bonds is 3. The van der Waals surface area contributed by atoms with Crippen LogP contribution >= 0.6 is 23.2 Å². The fourth-order valence-electron chi connectivity index (χ4n) is 1.75.